The molecule has 2 N–H and O–H groups in total. The van der Waals surface area contributed by atoms with Gasteiger partial charge in [0.1, 0.15) is 4.90 Å². The van der Waals surface area contributed by atoms with Gasteiger partial charge in [0.2, 0.25) is 5.91 Å². The zero-order valence-corrected chi connectivity index (χ0v) is 18.0. The van der Waals surface area contributed by atoms with Gasteiger partial charge in [-0.25, -0.2) is 18.1 Å². The number of hydrogen-bond donors (Lipinski definition) is 2. The second-order valence-electron chi connectivity index (χ2n) is 8.37. The quantitative estimate of drug-likeness (QED) is 0.688. The summed E-state index contributed by atoms with van der Waals surface area (Å²) in [4.78, 5) is 29.2. The predicted octanol–water partition coefficient (Wildman–Crippen LogP) is 3.38. The van der Waals surface area contributed by atoms with E-state index in [0.717, 1.165) is 0 Å². The van der Waals surface area contributed by atoms with Gasteiger partial charge in [-0.1, -0.05) is 45.0 Å². The lowest BCUT2D eigenvalue weighted by molar-refractivity contribution is -0.128. The first-order valence-corrected chi connectivity index (χ1v) is 11.0. The van der Waals surface area contributed by atoms with Crippen molar-refractivity contribution in [1.82, 2.24) is 9.71 Å². The highest BCUT2D eigenvalue weighted by atomic mass is 32.2. The lowest BCUT2D eigenvalue weighted by atomic mass is 9.75. The number of sulfonamides is 1. The molecule has 0 spiro atoms. The highest BCUT2D eigenvalue weighted by Crippen LogP contribution is 2.64. The van der Waals surface area contributed by atoms with Crippen molar-refractivity contribution in [2.45, 2.75) is 32.1 Å². The number of carbonyl (C=O) groups is 2. The number of pyridine rings is 1. The molecule has 1 aromatic carbocycles. The molecule has 1 aromatic heterocycles. The molecule has 8 heteroatoms. The van der Waals surface area contributed by atoms with Gasteiger partial charge >= 0.3 is 0 Å². The van der Waals surface area contributed by atoms with Gasteiger partial charge in [0.05, 0.1) is 5.41 Å². The molecular formula is C22H25N3O4S. The lowest BCUT2D eigenvalue weighted by Gasteiger charge is -2.30. The number of nitrogens with zero attached hydrogens (tertiary/aromatic N) is 1. The van der Waals surface area contributed by atoms with Crippen LogP contribution in [-0.4, -0.2) is 25.2 Å². The first-order valence-electron chi connectivity index (χ1n) is 9.54. The lowest BCUT2D eigenvalue weighted by Crippen LogP contribution is -2.43. The third-order valence-corrected chi connectivity index (χ3v) is 6.96. The van der Waals surface area contributed by atoms with E-state index in [9.17, 15) is 18.0 Å². The van der Waals surface area contributed by atoms with E-state index in [1.165, 1.54) is 18.3 Å². The Morgan fingerprint density at radius 1 is 1.17 bits per heavy atom. The van der Waals surface area contributed by atoms with Gasteiger partial charge in [0.15, 0.2) is 5.82 Å². The van der Waals surface area contributed by atoms with Crippen LogP contribution in [0.3, 0.4) is 0 Å². The van der Waals surface area contributed by atoms with Crippen LogP contribution in [-0.2, 0) is 14.8 Å². The van der Waals surface area contributed by atoms with Crippen molar-refractivity contribution in [3.63, 3.8) is 0 Å². The van der Waals surface area contributed by atoms with Crippen molar-refractivity contribution >= 4 is 27.7 Å². The zero-order chi connectivity index (χ0) is 22.2. The molecule has 2 aromatic rings. The molecule has 0 aliphatic heterocycles. The summed E-state index contributed by atoms with van der Waals surface area (Å²) in [6.45, 7) is 9.46. The molecule has 2 amide bonds. The van der Waals surface area contributed by atoms with Crippen molar-refractivity contribution < 1.29 is 18.0 Å². The summed E-state index contributed by atoms with van der Waals surface area (Å²) >= 11 is 0. The van der Waals surface area contributed by atoms with Crippen LogP contribution in [0.25, 0.3) is 0 Å². The summed E-state index contributed by atoms with van der Waals surface area (Å²) in [6, 6.07) is 11.1. The first-order chi connectivity index (χ1) is 14.0. The molecule has 3 rings (SSSR count). The SMILES string of the molecule is C=C[C@@H]1C[C@@]1(C(=O)NS(=O)(=O)c1cccnc1NC(=O)c1ccccc1)C(C)(C)C. The second-order valence-corrected chi connectivity index (χ2v) is 10.0. The van der Waals surface area contributed by atoms with Crippen LogP contribution in [0.1, 0.15) is 37.6 Å². The van der Waals surface area contributed by atoms with Gasteiger partial charge in [-0.3, -0.25) is 9.59 Å². The molecule has 1 saturated carbocycles. The third-order valence-electron chi connectivity index (χ3n) is 5.60. The largest absolute Gasteiger partial charge is 0.305 e. The number of rotatable bonds is 6. The van der Waals surface area contributed by atoms with Crippen LogP contribution in [0.15, 0.2) is 66.2 Å². The van der Waals surface area contributed by atoms with Crippen molar-refractivity contribution in [3.05, 3.63) is 66.9 Å². The number of anilines is 1. The minimum absolute atomic E-state index is 0.0983. The standard InChI is InChI=1S/C22H25N3O4S/c1-5-16-14-22(16,21(2,3)4)20(27)25-30(28,29)17-12-9-13-23-18(17)24-19(26)15-10-7-6-8-11-15/h5-13,16H,1,14H2,2-4H3,(H,25,27)(H,23,24,26)/t16-,22-/m1/s1. The number of benzene rings is 1. The number of aromatic nitrogens is 1. The summed E-state index contributed by atoms with van der Waals surface area (Å²) in [5.74, 6) is -1.33. The summed E-state index contributed by atoms with van der Waals surface area (Å²) in [5, 5.41) is 2.51. The number of carbonyl (C=O) groups excluding carboxylic acids is 2. The Hall–Kier alpha value is -3.00. The van der Waals surface area contributed by atoms with E-state index < -0.39 is 32.7 Å². The Labute approximate surface area is 176 Å². The van der Waals surface area contributed by atoms with Crippen LogP contribution < -0.4 is 10.0 Å². The molecule has 30 heavy (non-hydrogen) atoms. The third kappa shape index (κ3) is 3.87. The topological polar surface area (TPSA) is 105 Å². The maximum atomic E-state index is 13.0. The molecule has 1 fully saturated rings. The number of nitrogens with one attached hydrogen (secondary N) is 2. The fraction of sp³-hybridized carbons (Fsp3) is 0.318. The molecule has 0 unspecified atom stereocenters. The minimum Gasteiger partial charge on any atom is -0.305 e. The molecule has 0 saturated heterocycles. The van der Waals surface area contributed by atoms with Gasteiger partial charge < -0.3 is 5.32 Å². The van der Waals surface area contributed by atoms with E-state index in [1.54, 1.807) is 36.4 Å². The number of allylic oxidation sites excluding steroid dienone is 1. The van der Waals surface area contributed by atoms with E-state index in [4.69, 9.17) is 0 Å². The van der Waals surface area contributed by atoms with Crippen LogP contribution in [0.4, 0.5) is 5.82 Å². The van der Waals surface area contributed by atoms with Gasteiger partial charge in [-0.05, 0) is 42.0 Å². The monoisotopic (exact) mass is 427 g/mol. The van der Waals surface area contributed by atoms with Crippen LogP contribution in [0.2, 0.25) is 0 Å². The van der Waals surface area contributed by atoms with Crippen molar-refractivity contribution in [1.29, 1.82) is 0 Å². The first kappa shape index (κ1) is 21.7. The second kappa shape index (κ2) is 7.68. The minimum atomic E-state index is -4.26. The van der Waals surface area contributed by atoms with Gasteiger partial charge in [-0.2, -0.15) is 0 Å². The molecule has 0 bridgehead atoms. The normalized spacial score (nSPS) is 20.8. The van der Waals surface area contributed by atoms with Crippen molar-refractivity contribution in [2.75, 3.05) is 5.32 Å². The summed E-state index contributed by atoms with van der Waals surface area (Å²) in [5.41, 5.74) is -0.948. The van der Waals surface area contributed by atoms with Crippen molar-refractivity contribution in [2.24, 2.45) is 16.7 Å². The Balaban J connectivity index is 1.88. The summed E-state index contributed by atoms with van der Waals surface area (Å²) in [6.07, 6.45) is 3.59. The number of hydrogen-bond acceptors (Lipinski definition) is 5. The average Bonchev–Trinajstić information content (AvgIpc) is 3.45. The fourth-order valence-corrected chi connectivity index (χ4v) is 4.93. The van der Waals surface area contributed by atoms with E-state index in [-0.39, 0.29) is 16.6 Å². The van der Waals surface area contributed by atoms with Gasteiger partial charge in [-0.15, -0.1) is 6.58 Å². The molecule has 7 nitrogen and oxygen atoms in total. The van der Waals surface area contributed by atoms with Crippen molar-refractivity contribution in [3.8, 4) is 0 Å². The summed E-state index contributed by atoms with van der Waals surface area (Å²) in [7, 11) is -4.26. The van der Waals surface area contributed by atoms with E-state index >= 15 is 0 Å². The van der Waals surface area contributed by atoms with E-state index in [2.05, 4.69) is 21.6 Å². The highest BCUT2D eigenvalue weighted by Gasteiger charge is 2.65. The fourth-order valence-electron chi connectivity index (χ4n) is 3.78. The Bertz CT molecular complexity index is 1090. The van der Waals surface area contributed by atoms with Crippen LogP contribution in [0, 0.1) is 16.7 Å². The molecule has 1 heterocycles. The number of amides is 2. The van der Waals surface area contributed by atoms with Gasteiger partial charge in [0.25, 0.3) is 15.9 Å². The van der Waals surface area contributed by atoms with Crippen LogP contribution in [0.5, 0.6) is 0 Å². The maximum absolute atomic E-state index is 13.0. The van der Waals surface area contributed by atoms with E-state index in [1.807, 2.05) is 20.8 Å². The Morgan fingerprint density at radius 3 is 2.40 bits per heavy atom. The zero-order valence-electron chi connectivity index (χ0n) is 17.2. The van der Waals surface area contributed by atoms with Gasteiger partial charge in [0, 0.05) is 11.8 Å². The average molecular weight is 428 g/mol. The maximum Gasteiger partial charge on any atom is 0.267 e. The predicted molar refractivity (Wildman–Crippen MR) is 114 cm³/mol. The highest BCUT2D eigenvalue weighted by molar-refractivity contribution is 7.90. The Morgan fingerprint density at radius 2 is 1.83 bits per heavy atom. The molecule has 0 radical (unpaired) electrons. The Kier molecular flexibility index (Phi) is 5.56. The van der Waals surface area contributed by atoms with E-state index in [0.29, 0.717) is 12.0 Å². The molecule has 1 aliphatic rings. The molecule has 1 aliphatic carbocycles. The molecule has 158 valence electrons. The summed E-state index contributed by atoms with van der Waals surface area (Å²) < 4.78 is 28.3. The smallest absolute Gasteiger partial charge is 0.267 e. The molecule has 2 atom stereocenters. The molecular weight excluding hydrogens is 402 g/mol. The van der Waals surface area contributed by atoms with Crippen LogP contribution >= 0.6 is 0 Å².